The van der Waals surface area contributed by atoms with E-state index in [-0.39, 0.29) is 5.91 Å². The number of piperidine rings is 1. The third-order valence-electron chi connectivity index (χ3n) is 5.50. The van der Waals surface area contributed by atoms with Gasteiger partial charge in [-0.2, -0.15) is 11.8 Å². The molecule has 0 radical (unpaired) electrons. The van der Waals surface area contributed by atoms with Crippen LogP contribution in [0.3, 0.4) is 0 Å². The number of carbonyl (C=O) groups excluding carboxylic acids is 1. The number of rotatable bonds is 5. The Morgan fingerprint density at radius 3 is 2.84 bits per heavy atom. The first-order valence-electron chi connectivity index (χ1n) is 8.83. The van der Waals surface area contributed by atoms with E-state index in [1.165, 1.54) is 11.8 Å². The van der Waals surface area contributed by atoms with Crippen molar-refractivity contribution in [3.05, 3.63) is 24.2 Å². The van der Waals surface area contributed by atoms with Gasteiger partial charge >= 0.3 is 0 Å². The normalized spacial score (nSPS) is 29.6. The maximum Gasteiger partial charge on any atom is 0.230 e. The number of nitrogens with zero attached hydrogens (tertiary/aromatic N) is 1. The van der Waals surface area contributed by atoms with E-state index in [1.807, 2.05) is 19.2 Å². The van der Waals surface area contributed by atoms with Crippen LogP contribution < -0.4 is 5.32 Å². The van der Waals surface area contributed by atoms with Crippen molar-refractivity contribution in [1.29, 1.82) is 0 Å². The zero-order valence-corrected chi connectivity index (χ0v) is 15.8. The summed E-state index contributed by atoms with van der Waals surface area (Å²) in [4.78, 5) is 14.4. The highest BCUT2D eigenvalue weighted by atomic mass is 32.2. The molecule has 3 rings (SSSR count). The van der Waals surface area contributed by atoms with Gasteiger partial charge in [-0.25, -0.2) is 0 Å². The lowest BCUT2D eigenvalue weighted by Gasteiger charge is -2.53. The fourth-order valence-electron chi connectivity index (χ4n) is 4.03. The molecule has 2 atom stereocenters. The minimum Gasteiger partial charge on any atom is -0.472 e. The number of carbonyl (C=O) groups is 1. The molecule has 2 N–H and O–H groups in total. The van der Waals surface area contributed by atoms with Gasteiger partial charge in [-0.05, 0) is 38.5 Å². The third-order valence-corrected chi connectivity index (χ3v) is 6.05. The fourth-order valence-corrected chi connectivity index (χ4v) is 4.36. The van der Waals surface area contributed by atoms with Crippen LogP contribution in [0.2, 0.25) is 0 Å². The minimum atomic E-state index is -0.698. The predicted molar refractivity (Wildman–Crippen MR) is 97.5 cm³/mol. The lowest BCUT2D eigenvalue weighted by Crippen LogP contribution is -2.69. The van der Waals surface area contributed by atoms with Gasteiger partial charge in [0.15, 0.2) is 0 Å². The Kier molecular flexibility index (Phi) is 5.78. The van der Waals surface area contributed by atoms with E-state index in [2.05, 4.69) is 10.2 Å². The van der Waals surface area contributed by atoms with Crippen LogP contribution in [-0.4, -0.2) is 64.9 Å². The van der Waals surface area contributed by atoms with E-state index in [9.17, 15) is 9.90 Å². The van der Waals surface area contributed by atoms with E-state index >= 15 is 0 Å². The van der Waals surface area contributed by atoms with Crippen LogP contribution in [0.1, 0.15) is 31.7 Å². The van der Waals surface area contributed by atoms with Crippen LogP contribution in [0.4, 0.5) is 0 Å². The van der Waals surface area contributed by atoms with Crippen molar-refractivity contribution in [3.63, 3.8) is 0 Å². The van der Waals surface area contributed by atoms with Gasteiger partial charge in [0.2, 0.25) is 5.91 Å². The maximum absolute atomic E-state index is 12.1. The van der Waals surface area contributed by atoms with Crippen molar-refractivity contribution in [2.24, 2.45) is 0 Å². The highest BCUT2D eigenvalue weighted by molar-refractivity contribution is 7.99. The molecular formula is C18H28N2O4S. The number of nitrogens with one attached hydrogen (secondary N) is 1. The van der Waals surface area contributed by atoms with Gasteiger partial charge in [0, 0.05) is 31.8 Å². The standard InChI is InChI=1S/C18H28N2O4S/c1-17(19-15(21)13-25-2)6-10-24-18(16(17)22)4-7-20(8-5-18)11-14-3-9-23-12-14/h3,9,12,16,22H,4-8,10-11,13H2,1-2H3,(H,19,21)/t16-,17+/m0/s1. The topological polar surface area (TPSA) is 74.9 Å². The van der Waals surface area contributed by atoms with Crippen molar-refractivity contribution in [2.45, 2.75) is 50.0 Å². The van der Waals surface area contributed by atoms with Crippen LogP contribution in [0.15, 0.2) is 23.0 Å². The first-order chi connectivity index (χ1) is 12.0. The van der Waals surface area contributed by atoms with Crippen LogP contribution in [0.5, 0.6) is 0 Å². The van der Waals surface area contributed by atoms with E-state index in [0.717, 1.165) is 38.0 Å². The fraction of sp³-hybridized carbons (Fsp3) is 0.722. The van der Waals surface area contributed by atoms with E-state index < -0.39 is 17.2 Å². The number of hydrogen-bond acceptors (Lipinski definition) is 6. The molecule has 0 aliphatic carbocycles. The molecule has 6 nitrogen and oxygen atoms in total. The molecule has 0 unspecified atom stereocenters. The largest absolute Gasteiger partial charge is 0.472 e. The molecule has 0 bridgehead atoms. The molecule has 1 aromatic rings. The predicted octanol–water partition coefficient (Wildman–Crippen LogP) is 1.63. The first-order valence-corrected chi connectivity index (χ1v) is 10.2. The smallest absolute Gasteiger partial charge is 0.230 e. The average molecular weight is 368 g/mol. The second-order valence-corrected chi connectivity index (χ2v) is 8.24. The van der Waals surface area contributed by atoms with Crippen molar-refractivity contribution in [3.8, 4) is 0 Å². The number of aliphatic hydroxyl groups is 1. The number of furan rings is 1. The molecular weight excluding hydrogens is 340 g/mol. The van der Waals surface area contributed by atoms with Gasteiger partial charge in [0.1, 0.15) is 6.10 Å². The number of amides is 1. The Morgan fingerprint density at radius 2 is 2.20 bits per heavy atom. The summed E-state index contributed by atoms with van der Waals surface area (Å²) in [6, 6.07) is 1.98. The summed E-state index contributed by atoms with van der Waals surface area (Å²) in [5, 5.41) is 14.1. The summed E-state index contributed by atoms with van der Waals surface area (Å²) in [6.45, 7) is 5.07. The molecule has 2 saturated heterocycles. The van der Waals surface area contributed by atoms with Gasteiger partial charge in [-0.1, -0.05) is 0 Å². The van der Waals surface area contributed by atoms with E-state index in [1.54, 1.807) is 12.5 Å². The molecule has 2 aliphatic heterocycles. The summed E-state index contributed by atoms with van der Waals surface area (Å²) in [6.07, 6.45) is 6.83. The summed E-state index contributed by atoms with van der Waals surface area (Å²) < 4.78 is 11.2. The van der Waals surface area contributed by atoms with Gasteiger partial charge in [0.05, 0.1) is 29.4 Å². The monoisotopic (exact) mass is 368 g/mol. The van der Waals surface area contributed by atoms with Gasteiger partial charge in [-0.3, -0.25) is 9.69 Å². The van der Waals surface area contributed by atoms with Crippen molar-refractivity contribution in [1.82, 2.24) is 10.2 Å². The van der Waals surface area contributed by atoms with Gasteiger partial charge in [-0.15, -0.1) is 0 Å². The van der Waals surface area contributed by atoms with Crippen LogP contribution in [0.25, 0.3) is 0 Å². The summed E-state index contributed by atoms with van der Waals surface area (Å²) in [5.41, 5.74) is -0.0279. The second kappa shape index (κ2) is 7.70. The molecule has 1 aromatic heterocycles. The minimum absolute atomic E-state index is 0.0245. The summed E-state index contributed by atoms with van der Waals surface area (Å²) in [5.74, 6) is 0.387. The summed E-state index contributed by atoms with van der Waals surface area (Å²) in [7, 11) is 0. The summed E-state index contributed by atoms with van der Waals surface area (Å²) >= 11 is 1.49. The molecule has 0 aromatic carbocycles. The zero-order chi connectivity index (χ0) is 17.9. The van der Waals surface area contributed by atoms with E-state index in [4.69, 9.17) is 9.15 Å². The molecule has 0 saturated carbocycles. The lowest BCUT2D eigenvalue weighted by molar-refractivity contribution is -0.208. The number of ether oxygens (including phenoxy) is 1. The highest BCUT2D eigenvalue weighted by Gasteiger charge is 2.53. The number of likely N-dealkylation sites (tertiary alicyclic amines) is 1. The molecule has 3 heterocycles. The van der Waals surface area contributed by atoms with Crippen LogP contribution in [0, 0.1) is 0 Å². The Morgan fingerprint density at radius 1 is 1.44 bits per heavy atom. The van der Waals surface area contributed by atoms with Crippen LogP contribution in [-0.2, 0) is 16.1 Å². The lowest BCUT2D eigenvalue weighted by atomic mass is 9.73. The second-order valence-electron chi connectivity index (χ2n) is 7.37. The Labute approximate surface area is 153 Å². The van der Waals surface area contributed by atoms with Crippen molar-refractivity contribution in [2.75, 3.05) is 31.7 Å². The first kappa shape index (κ1) is 18.8. The Hall–Kier alpha value is -1.02. The van der Waals surface area contributed by atoms with E-state index in [0.29, 0.717) is 18.8 Å². The number of aliphatic hydroxyl groups excluding tert-OH is 1. The molecule has 1 amide bonds. The van der Waals surface area contributed by atoms with Gasteiger partial charge < -0.3 is 19.6 Å². The van der Waals surface area contributed by atoms with Gasteiger partial charge in [0.25, 0.3) is 0 Å². The zero-order valence-electron chi connectivity index (χ0n) is 15.0. The highest BCUT2D eigenvalue weighted by Crippen LogP contribution is 2.40. The average Bonchev–Trinajstić information content (AvgIpc) is 3.08. The van der Waals surface area contributed by atoms with Crippen LogP contribution >= 0.6 is 11.8 Å². The van der Waals surface area contributed by atoms with Crippen molar-refractivity contribution >= 4 is 17.7 Å². The molecule has 2 fully saturated rings. The number of hydrogen-bond donors (Lipinski definition) is 2. The molecule has 7 heteroatoms. The maximum atomic E-state index is 12.1. The quantitative estimate of drug-likeness (QED) is 0.823. The molecule has 2 aliphatic rings. The third kappa shape index (κ3) is 4.05. The number of thioether (sulfide) groups is 1. The Balaban J connectivity index is 1.62. The molecule has 1 spiro atoms. The SMILES string of the molecule is CSCC(=O)N[C@]1(C)CCOC2(CCN(Cc3ccoc3)CC2)[C@H]1O. The molecule has 25 heavy (non-hydrogen) atoms. The van der Waals surface area contributed by atoms with Crippen molar-refractivity contribution < 1.29 is 19.1 Å². The Bertz CT molecular complexity index is 572. The molecule has 140 valence electrons.